The second-order valence-corrected chi connectivity index (χ2v) is 11.9. The van der Waals surface area contributed by atoms with Gasteiger partial charge < -0.3 is 19.9 Å². The number of amides is 1. The number of benzene rings is 1. The maximum Gasteiger partial charge on any atom is 0.407 e. The van der Waals surface area contributed by atoms with Gasteiger partial charge in [-0.2, -0.15) is 0 Å². The maximum atomic E-state index is 14.0. The number of carbonyl (C=O) groups is 1. The van der Waals surface area contributed by atoms with Crippen LogP contribution in [0.1, 0.15) is 58.1 Å². The lowest BCUT2D eigenvalue weighted by Gasteiger charge is -2.33. The summed E-state index contributed by atoms with van der Waals surface area (Å²) in [6, 6.07) is 16.9. The van der Waals surface area contributed by atoms with Crippen LogP contribution in [0.4, 0.5) is 20.8 Å². The monoisotopic (exact) mass is 557 g/mol. The number of hydrogen-bond donors (Lipinski definition) is 1. The topological polar surface area (TPSA) is 87.9 Å². The van der Waals surface area contributed by atoms with Crippen molar-refractivity contribution in [1.29, 1.82) is 0 Å². The molecule has 2 fully saturated rings. The van der Waals surface area contributed by atoms with Gasteiger partial charge in [0.2, 0.25) is 0 Å². The van der Waals surface area contributed by atoms with E-state index in [1.165, 1.54) is 6.07 Å². The predicted molar refractivity (Wildman–Crippen MR) is 157 cm³/mol. The summed E-state index contributed by atoms with van der Waals surface area (Å²) in [7, 11) is 0. The van der Waals surface area contributed by atoms with Crippen LogP contribution in [0.15, 0.2) is 60.8 Å². The Bertz CT molecular complexity index is 1540. The third-order valence-electron chi connectivity index (χ3n) is 7.64. The Kier molecular flexibility index (Phi) is 7.23. The highest BCUT2D eigenvalue weighted by Gasteiger charge is 2.28. The van der Waals surface area contributed by atoms with Crippen LogP contribution in [-0.2, 0) is 4.74 Å². The fourth-order valence-corrected chi connectivity index (χ4v) is 5.72. The lowest BCUT2D eigenvalue weighted by molar-refractivity contribution is 0.0776. The molecule has 1 amide bonds. The molecule has 2 aliphatic rings. The van der Waals surface area contributed by atoms with Crippen molar-refractivity contribution in [3.8, 4) is 11.4 Å². The summed E-state index contributed by atoms with van der Waals surface area (Å²) in [5, 5.41) is 7.84. The van der Waals surface area contributed by atoms with E-state index in [1.54, 1.807) is 18.3 Å². The fraction of sp³-hybridized carbons (Fsp3) is 0.419. The van der Waals surface area contributed by atoms with Gasteiger partial charge in [-0.15, -0.1) is 5.10 Å². The van der Waals surface area contributed by atoms with Crippen LogP contribution in [0.2, 0.25) is 0 Å². The predicted octanol–water partition coefficient (Wildman–Crippen LogP) is 5.77. The minimum Gasteiger partial charge on any atom is -0.446 e. The number of aromatic nitrogens is 4. The number of ether oxygens (including phenoxy) is 1. The number of alkyl carbamates (subject to hydrolysis) is 1. The first-order valence-corrected chi connectivity index (χ1v) is 14.3. The molecule has 4 aromatic rings. The van der Waals surface area contributed by atoms with Crippen molar-refractivity contribution in [3.63, 3.8) is 0 Å². The molecule has 1 N–H and O–H groups in total. The van der Waals surface area contributed by atoms with Gasteiger partial charge in [0.05, 0.1) is 17.9 Å². The molecule has 1 atom stereocenters. The molecule has 0 bridgehead atoms. The van der Waals surface area contributed by atoms with E-state index in [1.807, 2.05) is 61.7 Å². The summed E-state index contributed by atoms with van der Waals surface area (Å²) >= 11 is 0. The number of carbonyl (C=O) groups excluding carboxylic acids is 1. The maximum absolute atomic E-state index is 14.0. The van der Waals surface area contributed by atoms with E-state index < -0.39 is 0 Å². The number of hydrogen-bond acceptors (Lipinski definition) is 7. The van der Waals surface area contributed by atoms with Gasteiger partial charge in [-0.3, -0.25) is 0 Å². The lowest BCUT2D eigenvalue weighted by Crippen LogP contribution is -2.44. The Balaban J connectivity index is 1.19. The van der Waals surface area contributed by atoms with Gasteiger partial charge in [0.15, 0.2) is 5.65 Å². The normalized spacial score (nSPS) is 18.2. The summed E-state index contributed by atoms with van der Waals surface area (Å²) in [4.78, 5) is 26.2. The standard InChI is InChI=1S/C31H36FN7O2/c1-31(2,3)35-30(40)41-23-14-17-37(18-15-23)28-11-5-9-24(34-28)26-20-33-27-12-13-29(36-39(26)27)38-16-6-10-25(38)21-7-4-8-22(32)19-21/h4-5,7-9,11-13,19-20,23,25H,6,10,14-18H2,1-3H3,(H,35,40). The highest BCUT2D eigenvalue weighted by Crippen LogP contribution is 2.36. The number of rotatable bonds is 5. The number of fused-ring (bicyclic) bond motifs is 1. The van der Waals surface area contributed by atoms with Gasteiger partial charge in [0, 0.05) is 38.0 Å². The Morgan fingerprint density at radius 1 is 1.00 bits per heavy atom. The van der Waals surface area contributed by atoms with E-state index in [0.29, 0.717) is 0 Å². The number of nitrogens with zero attached hydrogens (tertiary/aromatic N) is 6. The fourth-order valence-electron chi connectivity index (χ4n) is 5.72. The van der Waals surface area contributed by atoms with Gasteiger partial charge in [-0.25, -0.2) is 23.7 Å². The average molecular weight is 558 g/mol. The summed E-state index contributed by atoms with van der Waals surface area (Å²) in [5.74, 6) is 1.48. The van der Waals surface area contributed by atoms with E-state index >= 15 is 0 Å². The van der Waals surface area contributed by atoms with E-state index in [9.17, 15) is 9.18 Å². The molecule has 6 rings (SSSR count). The first-order chi connectivity index (χ1) is 19.7. The number of anilines is 2. The SMILES string of the molecule is CC(C)(C)NC(=O)OC1CCN(c2cccc(-c3cnc4ccc(N5CCCC5c5cccc(F)c5)nn34)n2)CC1. The molecule has 5 heterocycles. The largest absolute Gasteiger partial charge is 0.446 e. The molecule has 0 spiro atoms. The van der Waals surface area contributed by atoms with Crippen molar-refractivity contribution in [2.75, 3.05) is 29.4 Å². The molecule has 1 unspecified atom stereocenters. The first-order valence-electron chi connectivity index (χ1n) is 14.3. The highest BCUT2D eigenvalue weighted by atomic mass is 19.1. The van der Waals surface area contributed by atoms with Gasteiger partial charge >= 0.3 is 6.09 Å². The molecule has 2 saturated heterocycles. The first kappa shape index (κ1) is 27.0. The molecule has 10 heteroatoms. The minimum atomic E-state index is -0.369. The molecule has 9 nitrogen and oxygen atoms in total. The summed E-state index contributed by atoms with van der Waals surface area (Å²) in [6.45, 7) is 8.16. The van der Waals surface area contributed by atoms with E-state index in [0.717, 1.165) is 79.6 Å². The van der Waals surface area contributed by atoms with Gasteiger partial charge in [0.1, 0.15) is 29.3 Å². The lowest BCUT2D eigenvalue weighted by atomic mass is 10.0. The summed E-state index contributed by atoms with van der Waals surface area (Å²) < 4.78 is 21.4. The van der Waals surface area contributed by atoms with Crippen LogP contribution < -0.4 is 15.1 Å². The Hall–Kier alpha value is -4.21. The molecule has 214 valence electrons. The number of nitrogens with one attached hydrogen (secondary N) is 1. The molecule has 3 aromatic heterocycles. The van der Waals surface area contributed by atoms with Crippen molar-refractivity contribution >= 4 is 23.4 Å². The van der Waals surface area contributed by atoms with Crippen LogP contribution in [0, 0.1) is 5.82 Å². The second-order valence-electron chi connectivity index (χ2n) is 11.9. The zero-order chi connectivity index (χ0) is 28.6. The van der Waals surface area contributed by atoms with Gasteiger partial charge in [0.25, 0.3) is 0 Å². The van der Waals surface area contributed by atoms with Crippen molar-refractivity contribution in [1.82, 2.24) is 24.9 Å². The Morgan fingerprint density at radius 3 is 2.59 bits per heavy atom. The third-order valence-corrected chi connectivity index (χ3v) is 7.64. The quantitative estimate of drug-likeness (QED) is 0.334. The molecule has 0 radical (unpaired) electrons. The number of imidazole rings is 1. The van der Waals surface area contributed by atoms with Crippen molar-refractivity contribution in [3.05, 3.63) is 72.2 Å². The minimum absolute atomic E-state index is 0.0792. The number of piperidine rings is 1. The van der Waals surface area contributed by atoms with Crippen LogP contribution in [0.5, 0.6) is 0 Å². The van der Waals surface area contributed by atoms with Crippen molar-refractivity contribution in [2.24, 2.45) is 0 Å². The molecule has 1 aromatic carbocycles. The Morgan fingerprint density at radius 2 is 1.80 bits per heavy atom. The molecule has 0 aliphatic carbocycles. The van der Waals surface area contributed by atoms with E-state index in [4.69, 9.17) is 14.8 Å². The zero-order valence-electron chi connectivity index (χ0n) is 23.8. The van der Waals surface area contributed by atoms with Crippen molar-refractivity contribution < 1.29 is 13.9 Å². The third kappa shape index (κ3) is 5.96. The number of pyridine rings is 1. The van der Waals surface area contributed by atoms with Crippen LogP contribution >= 0.6 is 0 Å². The Labute approximate surface area is 239 Å². The molecule has 0 saturated carbocycles. The summed E-state index contributed by atoms with van der Waals surface area (Å²) in [6.07, 6.45) is 4.78. The van der Waals surface area contributed by atoms with Gasteiger partial charge in [-0.05, 0) is 75.6 Å². The molecular formula is C31H36FN7O2. The zero-order valence-corrected chi connectivity index (χ0v) is 23.8. The average Bonchev–Trinajstić information content (AvgIpc) is 3.60. The van der Waals surface area contributed by atoms with E-state index in [-0.39, 0.29) is 29.6 Å². The molecular weight excluding hydrogens is 521 g/mol. The van der Waals surface area contributed by atoms with Gasteiger partial charge in [-0.1, -0.05) is 18.2 Å². The highest BCUT2D eigenvalue weighted by molar-refractivity contribution is 5.68. The van der Waals surface area contributed by atoms with E-state index in [2.05, 4.69) is 20.1 Å². The van der Waals surface area contributed by atoms with Crippen LogP contribution in [0.25, 0.3) is 17.0 Å². The molecule has 2 aliphatic heterocycles. The van der Waals surface area contributed by atoms with Crippen molar-refractivity contribution in [2.45, 2.75) is 64.1 Å². The summed E-state index contributed by atoms with van der Waals surface area (Å²) in [5.41, 5.74) is 2.97. The smallest absolute Gasteiger partial charge is 0.407 e. The van der Waals surface area contributed by atoms with Crippen LogP contribution in [0.3, 0.4) is 0 Å². The molecule has 41 heavy (non-hydrogen) atoms. The van der Waals surface area contributed by atoms with Crippen LogP contribution in [-0.4, -0.2) is 57.0 Å². The number of halogens is 1. The second kappa shape index (κ2) is 11.0.